The van der Waals surface area contributed by atoms with E-state index in [0.29, 0.717) is 0 Å². The number of hydrogen-bond donors (Lipinski definition) is 1. The number of rotatable bonds is 2. The Balaban J connectivity index is 2.37. The van der Waals surface area contributed by atoms with Gasteiger partial charge in [0.25, 0.3) is 0 Å². The third-order valence-electron chi connectivity index (χ3n) is 3.85. The SMILES string of the molecule is CC(C(=O)O)c1ccc2c(c1)S(=O)(=O)c1ccccc1S2(=O)=O. The first-order valence-corrected chi connectivity index (χ1v) is 9.60. The molecule has 1 atom stereocenters. The van der Waals surface area contributed by atoms with E-state index in [1.807, 2.05) is 0 Å². The van der Waals surface area contributed by atoms with Gasteiger partial charge in [-0.1, -0.05) is 18.2 Å². The van der Waals surface area contributed by atoms with E-state index in [9.17, 15) is 21.6 Å². The van der Waals surface area contributed by atoms with Crippen molar-refractivity contribution in [3.63, 3.8) is 0 Å². The zero-order chi connectivity index (χ0) is 17.0. The topological polar surface area (TPSA) is 106 Å². The van der Waals surface area contributed by atoms with Gasteiger partial charge in [-0.3, -0.25) is 4.79 Å². The van der Waals surface area contributed by atoms with Crippen LogP contribution < -0.4 is 0 Å². The molecule has 0 bridgehead atoms. The zero-order valence-electron chi connectivity index (χ0n) is 11.9. The smallest absolute Gasteiger partial charge is 0.310 e. The Hall–Kier alpha value is -2.19. The van der Waals surface area contributed by atoms with Crippen molar-refractivity contribution in [3.05, 3.63) is 48.0 Å². The highest BCUT2D eigenvalue weighted by molar-refractivity contribution is 7.97. The van der Waals surface area contributed by atoms with Crippen LogP contribution in [-0.2, 0) is 24.5 Å². The van der Waals surface area contributed by atoms with E-state index in [0.717, 1.165) is 12.1 Å². The van der Waals surface area contributed by atoms with Crippen molar-refractivity contribution >= 4 is 25.6 Å². The minimum absolute atomic E-state index is 0.231. The summed E-state index contributed by atoms with van der Waals surface area (Å²) in [5.74, 6) is -2.07. The van der Waals surface area contributed by atoms with Gasteiger partial charge in [0.1, 0.15) is 0 Å². The largest absolute Gasteiger partial charge is 0.481 e. The molecular formula is C15H12O6S2. The van der Waals surface area contributed by atoms with Crippen molar-refractivity contribution in [1.82, 2.24) is 0 Å². The third kappa shape index (κ3) is 2.17. The van der Waals surface area contributed by atoms with Crippen LogP contribution in [0, 0.1) is 0 Å². The monoisotopic (exact) mass is 352 g/mol. The summed E-state index contributed by atoms with van der Waals surface area (Å²) in [6, 6.07) is 9.01. The van der Waals surface area contributed by atoms with Gasteiger partial charge >= 0.3 is 5.97 Å². The molecule has 1 aliphatic rings. The summed E-state index contributed by atoms with van der Waals surface area (Å²) in [6.45, 7) is 1.40. The van der Waals surface area contributed by atoms with E-state index in [-0.39, 0.29) is 25.1 Å². The minimum atomic E-state index is -4.03. The lowest BCUT2D eigenvalue weighted by Gasteiger charge is -2.21. The highest BCUT2D eigenvalue weighted by Crippen LogP contribution is 2.41. The Bertz CT molecular complexity index is 1040. The molecule has 0 saturated heterocycles. The summed E-state index contributed by atoms with van der Waals surface area (Å²) in [7, 11) is -7.99. The molecule has 0 radical (unpaired) electrons. The highest BCUT2D eigenvalue weighted by Gasteiger charge is 2.39. The Kier molecular flexibility index (Phi) is 3.35. The van der Waals surface area contributed by atoms with E-state index in [4.69, 9.17) is 5.11 Å². The third-order valence-corrected chi connectivity index (χ3v) is 7.83. The van der Waals surface area contributed by atoms with Crippen molar-refractivity contribution in [3.8, 4) is 0 Å². The molecule has 2 aromatic rings. The Morgan fingerprint density at radius 3 is 1.87 bits per heavy atom. The van der Waals surface area contributed by atoms with Crippen LogP contribution in [-0.4, -0.2) is 27.9 Å². The number of hydrogen-bond acceptors (Lipinski definition) is 5. The zero-order valence-corrected chi connectivity index (χ0v) is 13.6. The molecule has 0 aliphatic carbocycles. The highest BCUT2D eigenvalue weighted by atomic mass is 32.2. The normalized spacial score (nSPS) is 18.5. The van der Waals surface area contributed by atoms with E-state index in [2.05, 4.69) is 0 Å². The summed E-state index contributed by atoms with van der Waals surface area (Å²) < 4.78 is 50.7. The fraction of sp³-hybridized carbons (Fsp3) is 0.133. The second kappa shape index (κ2) is 4.90. The summed E-state index contributed by atoms with van der Waals surface area (Å²) in [6.07, 6.45) is 0. The number of carboxylic acids is 1. The second-order valence-corrected chi connectivity index (χ2v) is 8.99. The van der Waals surface area contributed by atoms with Crippen LogP contribution in [0.5, 0.6) is 0 Å². The molecule has 0 amide bonds. The molecule has 1 heterocycles. The standard InChI is InChI=1S/C15H12O6S2/c1-9(15(16)17)10-6-7-13-14(8-10)23(20,21)12-5-3-2-4-11(12)22(13,18)19/h2-9H,1H3,(H,16,17). The maximum Gasteiger partial charge on any atom is 0.310 e. The molecule has 23 heavy (non-hydrogen) atoms. The summed E-state index contributed by atoms with van der Waals surface area (Å²) in [5.41, 5.74) is 0.231. The number of aliphatic carboxylic acids is 1. The molecule has 0 spiro atoms. The predicted octanol–water partition coefficient (Wildman–Crippen LogP) is 1.85. The molecule has 1 aliphatic heterocycles. The first kappa shape index (κ1) is 15.7. The fourth-order valence-electron chi connectivity index (χ4n) is 2.50. The maximum absolute atomic E-state index is 12.7. The molecule has 1 N–H and O–H groups in total. The summed E-state index contributed by atoms with van der Waals surface area (Å²) >= 11 is 0. The Labute approximate surface area is 133 Å². The van der Waals surface area contributed by atoms with Gasteiger partial charge in [-0.2, -0.15) is 0 Å². The van der Waals surface area contributed by atoms with E-state index < -0.39 is 31.6 Å². The van der Waals surface area contributed by atoms with Gasteiger partial charge in [0.15, 0.2) is 0 Å². The Morgan fingerprint density at radius 2 is 1.35 bits per heavy atom. The molecule has 120 valence electrons. The van der Waals surface area contributed by atoms with Gasteiger partial charge in [0.05, 0.1) is 25.5 Å². The molecule has 2 aromatic carbocycles. The lowest BCUT2D eigenvalue weighted by atomic mass is 10.0. The van der Waals surface area contributed by atoms with Gasteiger partial charge in [-0.25, -0.2) is 16.8 Å². The second-order valence-electron chi connectivity index (χ2n) is 5.22. The molecule has 6 nitrogen and oxygen atoms in total. The molecule has 8 heteroatoms. The van der Waals surface area contributed by atoms with Crippen LogP contribution >= 0.6 is 0 Å². The molecule has 3 rings (SSSR count). The number of fused-ring (bicyclic) bond motifs is 2. The number of carboxylic acid groups (broad SMARTS) is 1. The molecule has 0 saturated carbocycles. The van der Waals surface area contributed by atoms with Crippen LogP contribution in [0.1, 0.15) is 18.4 Å². The van der Waals surface area contributed by atoms with Gasteiger partial charge in [-0.15, -0.1) is 0 Å². The van der Waals surface area contributed by atoms with Crippen LogP contribution in [0.4, 0.5) is 0 Å². The van der Waals surface area contributed by atoms with Gasteiger partial charge < -0.3 is 5.11 Å². The van der Waals surface area contributed by atoms with Crippen molar-refractivity contribution in [2.45, 2.75) is 32.4 Å². The lowest BCUT2D eigenvalue weighted by Crippen LogP contribution is -2.20. The lowest BCUT2D eigenvalue weighted by molar-refractivity contribution is -0.138. The van der Waals surface area contributed by atoms with Crippen molar-refractivity contribution in [2.75, 3.05) is 0 Å². The van der Waals surface area contributed by atoms with Gasteiger partial charge in [-0.05, 0) is 36.8 Å². The van der Waals surface area contributed by atoms with Crippen LogP contribution in [0.15, 0.2) is 62.0 Å². The van der Waals surface area contributed by atoms with Crippen LogP contribution in [0.25, 0.3) is 0 Å². The van der Waals surface area contributed by atoms with Crippen molar-refractivity contribution in [1.29, 1.82) is 0 Å². The van der Waals surface area contributed by atoms with E-state index in [1.54, 1.807) is 0 Å². The van der Waals surface area contributed by atoms with Gasteiger partial charge in [0, 0.05) is 0 Å². The summed E-state index contributed by atoms with van der Waals surface area (Å²) in [4.78, 5) is 9.85. The number of sulfone groups is 2. The van der Waals surface area contributed by atoms with Crippen LogP contribution in [0.2, 0.25) is 0 Å². The first-order valence-electron chi connectivity index (χ1n) is 6.63. The van der Waals surface area contributed by atoms with Gasteiger partial charge in [0.2, 0.25) is 19.7 Å². The van der Waals surface area contributed by atoms with E-state index in [1.165, 1.54) is 37.3 Å². The molecule has 0 fully saturated rings. The molecule has 0 aromatic heterocycles. The van der Waals surface area contributed by atoms with Crippen molar-refractivity contribution in [2.24, 2.45) is 0 Å². The molecule has 1 unspecified atom stereocenters. The predicted molar refractivity (Wildman–Crippen MR) is 79.8 cm³/mol. The quantitative estimate of drug-likeness (QED) is 0.754. The Morgan fingerprint density at radius 1 is 0.870 bits per heavy atom. The maximum atomic E-state index is 12.7. The van der Waals surface area contributed by atoms with Crippen molar-refractivity contribution < 1.29 is 26.7 Å². The number of carbonyl (C=O) groups is 1. The first-order chi connectivity index (χ1) is 10.7. The van der Waals surface area contributed by atoms with Crippen LogP contribution in [0.3, 0.4) is 0 Å². The minimum Gasteiger partial charge on any atom is -0.481 e. The average Bonchev–Trinajstić information content (AvgIpc) is 2.52. The average molecular weight is 352 g/mol. The fourth-order valence-corrected chi connectivity index (χ4v) is 6.67. The van der Waals surface area contributed by atoms with E-state index >= 15 is 0 Å². The molecular weight excluding hydrogens is 340 g/mol. The summed E-state index contributed by atoms with van der Waals surface area (Å²) in [5, 5.41) is 9.06. The number of benzene rings is 2.